The van der Waals surface area contributed by atoms with Gasteiger partial charge in [-0.1, -0.05) is 6.07 Å². The van der Waals surface area contributed by atoms with Gasteiger partial charge in [0.25, 0.3) is 5.91 Å². The van der Waals surface area contributed by atoms with Gasteiger partial charge in [-0.3, -0.25) is 9.78 Å². The number of hydrogen-bond acceptors (Lipinski definition) is 4. The number of pyridine rings is 1. The van der Waals surface area contributed by atoms with Gasteiger partial charge in [0.15, 0.2) is 0 Å². The molecule has 0 bridgehead atoms. The molecule has 1 amide bonds. The smallest absolute Gasteiger partial charge is 0.335 e. The van der Waals surface area contributed by atoms with E-state index >= 15 is 0 Å². The number of amides is 1. The summed E-state index contributed by atoms with van der Waals surface area (Å²) in [4.78, 5) is 29.3. The Labute approximate surface area is 134 Å². The lowest BCUT2D eigenvalue weighted by molar-refractivity contribution is 0.0680. The van der Waals surface area contributed by atoms with Gasteiger partial charge in [0, 0.05) is 38.2 Å². The van der Waals surface area contributed by atoms with Crippen molar-refractivity contribution in [3.05, 3.63) is 65.5 Å². The third-order valence-electron chi connectivity index (χ3n) is 3.33. The molecule has 1 heterocycles. The Morgan fingerprint density at radius 3 is 2.52 bits per heavy atom. The second kappa shape index (κ2) is 8.05. The molecule has 0 spiro atoms. The van der Waals surface area contributed by atoms with Gasteiger partial charge in [-0.2, -0.15) is 0 Å². The van der Waals surface area contributed by atoms with Crippen LogP contribution >= 0.6 is 0 Å². The van der Waals surface area contributed by atoms with Crippen LogP contribution in [0.4, 0.5) is 0 Å². The standard InChI is InChI=1S/C17H18N2O4/c1-23-10-9-19(12-13-5-7-18-8-6-13)16(20)14-3-2-4-15(11-14)17(21)22/h2-8,11H,9-10,12H2,1H3,(H,21,22). The lowest BCUT2D eigenvalue weighted by Crippen LogP contribution is -2.33. The molecule has 23 heavy (non-hydrogen) atoms. The highest BCUT2D eigenvalue weighted by atomic mass is 16.5. The number of hydrogen-bond donors (Lipinski definition) is 1. The minimum Gasteiger partial charge on any atom is -0.478 e. The molecule has 0 saturated heterocycles. The summed E-state index contributed by atoms with van der Waals surface area (Å²) in [6.45, 7) is 1.21. The number of methoxy groups -OCH3 is 1. The van der Waals surface area contributed by atoms with Crippen LogP contribution in [0.25, 0.3) is 0 Å². The summed E-state index contributed by atoms with van der Waals surface area (Å²) in [6, 6.07) is 9.69. The second-order valence-corrected chi connectivity index (χ2v) is 4.96. The summed E-state index contributed by atoms with van der Waals surface area (Å²) < 4.78 is 5.06. The number of carbonyl (C=O) groups is 2. The SMILES string of the molecule is COCCN(Cc1ccncc1)C(=O)c1cccc(C(=O)O)c1. The Bertz CT molecular complexity index is 673. The molecule has 0 radical (unpaired) electrons. The lowest BCUT2D eigenvalue weighted by atomic mass is 10.1. The van der Waals surface area contributed by atoms with Crippen LogP contribution in [0.15, 0.2) is 48.8 Å². The van der Waals surface area contributed by atoms with E-state index in [1.54, 1.807) is 36.5 Å². The van der Waals surface area contributed by atoms with E-state index < -0.39 is 5.97 Å². The number of aromatic nitrogens is 1. The largest absolute Gasteiger partial charge is 0.478 e. The second-order valence-electron chi connectivity index (χ2n) is 4.96. The van der Waals surface area contributed by atoms with Crippen LogP contribution in [0.3, 0.4) is 0 Å². The molecule has 0 aliphatic heterocycles. The molecule has 0 atom stereocenters. The van der Waals surface area contributed by atoms with E-state index in [-0.39, 0.29) is 11.5 Å². The summed E-state index contributed by atoms with van der Waals surface area (Å²) >= 11 is 0. The quantitative estimate of drug-likeness (QED) is 0.846. The average molecular weight is 314 g/mol. The fraction of sp³-hybridized carbons (Fsp3) is 0.235. The van der Waals surface area contributed by atoms with Crippen LogP contribution in [0.5, 0.6) is 0 Å². The Morgan fingerprint density at radius 2 is 1.87 bits per heavy atom. The molecule has 1 aromatic carbocycles. The number of carboxylic acid groups (broad SMARTS) is 1. The number of carboxylic acids is 1. The first-order valence-corrected chi connectivity index (χ1v) is 7.12. The molecule has 0 aliphatic rings. The molecular formula is C17H18N2O4. The maximum Gasteiger partial charge on any atom is 0.335 e. The van der Waals surface area contributed by atoms with Crippen molar-refractivity contribution in [3.63, 3.8) is 0 Å². The highest BCUT2D eigenvalue weighted by Crippen LogP contribution is 2.12. The van der Waals surface area contributed by atoms with Crippen molar-refractivity contribution >= 4 is 11.9 Å². The number of rotatable bonds is 7. The van der Waals surface area contributed by atoms with E-state index in [1.807, 2.05) is 12.1 Å². The Balaban J connectivity index is 2.22. The Hall–Kier alpha value is -2.73. The van der Waals surface area contributed by atoms with E-state index in [9.17, 15) is 9.59 Å². The first kappa shape index (κ1) is 16.6. The fourth-order valence-corrected chi connectivity index (χ4v) is 2.13. The predicted molar refractivity (Wildman–Crippen MR) is 84.3 cm³/mol. The minimum absolute atomic E-state index is 0.0893. The molecule has 6 nitrogen and oxygen atoms in total. The Kier molecular flexibility index (Phi) is 5.82. The van der Waals surface area contributed by atoms with E-state index in [4.69, 9.17) is 9.84 Å². The van der Waals surface area contributed by atoms with Crippen molar-refractivity contribution in [1.82, 2.24) is 9.88 Å². The topological polar surface area (TPSA) is 79.7 Å². The van der Waals surface area contributed by atoms with Gasteiger partial charge in [0.2, 0.25) is 0 Å². The van der Waals surface area contributed by atoms with Gasteiger partial charge in [0.1, 0.15) is 0 Å². The highest BCUT2D eigenvalue weighted by molar-refractivity contribution is 5.97. The molecule has 2 aromatic rings. The van der Waals surface area contributed by atoms with Gasteiger partial charge in [0.05, 0.1) is 12.2 Å². The number of benzene rings is 1. The zero-order chi connectivity index (χ0) is 16.7. The third-order valence-corrected chi connectivity index (χ3v) is 3.33. The van der Waals surface area contributed by atoms with E-state index in [0.717, 1.165) is 5.56 Å². The van der Waals surface area contributed by atoms with Crippen molar-refractivity contribution in [2.24, 2.45) is 0 Å². The predicted octanol–water partition coefficient (Wildman–Crippen LogP) is 2.07. The summed E-state index contributed by atoms with van der Waals surface area (Å²) in [5.74, 6) is -1.29. The maximum absolute atomic E-state index is 12.7. The van der Waals surface area contributed by atoms with Crippen LogP contribution in [0, 0.1) is 0 Å². The van der Waals surface area contributed by atoms with Gasteiger partial charge in [-0.15, -0.1) is 0 Å². The molecule has 120 valence electrons. The number of aromatic carboxylic acids is 1. The highest BCUT2D eigenvalue weighted by Gasteiger charge is 2.17. The van der Waals surface area contributed by atoms with Crippen LogP contribution in [0.1, 0.15) is 26.3 Å². The zero-order valence-corrected chi connectivity index (χ0v) is 12.8. The molecule has 1 aromatic heterocycles. The molecule has 0 saturated carbocycles. The van der Waals surface area contributed by atoms with Gasteiger partial charge in [-0.25, -0.2) is 4.79 Å². The molecule has 0 aliphatic carbocycles. The molecule has 2 rings (SSSR count). The van der Waals surface area contributed by atoms with Crippen molar-refractivity contribution in [3.8, 4) is 0 Å². The minimum atomic E-state index is -1.06. The third kappa shape index (κ3) is 4.62. The van der Waals surface area contributed by atoms with Crippen molar-refractivity contribution < 1.29 is 19.4 Å². The zero-order valence-electron chi connectivity index (χ0n) is 12.8. The van der Waals surface area contributed by atoms with Crippen LogP contribution in [-0.2, 0) is 11.3 Å². The fourth-order valence-electron chi connectivity index (χ4n) is 2.13. The molecular weight excluding hydrogens is 296 g/mol. The van der Waals surface area contributed by atoms with Gasteiger partial charge in [-0.05, 0) is 35.9 Å². The van der Waals surface area contributed by atoms with E-state index in [1.165, 1.54) is 12.1 Å². The first-order chi connectivity index (χ1) is 11.1. The van der Waals surface area contributed by atoms with Gasteiger partial charge < -0.3 is 14.7 Å². The van der Waals surface area contributed by atoms with Crippen LogP contribution in [0.2, 0.25) is 0 Å². The lowest BCUT2D eigenvalue weighted by Gasteiger charge is -2.22. The van der Waals surface area contributed by atoms with E-state index in [2.05, 4.69) is 4.98 Å². The Morgan fingerprint density at radius 1 is 1.17 bits per heavy atom. The van der Waals surface area contributed by atoms with Crippen LogP contribution < -0.4 is 0 Å². The maximum atomic E-state index is 12.7. The molecule has 1 N–H and O–H groups in total. The van der Waals surface area contributed by atoms with Crippen molar-refractivity contribution in [2.45, 2.75) is 6.54 Å². The monoisotopic (exact) mass is 314 g/mol. The summed E-state index contributed by atoms with van der Waals surface area (Å²) in [5, 5.41) is 9.05. The number of carbonyl (C=O) groups excluding carboxylic acids is 1. The average Bonchev–Trinajstić information content (AvgIpc) is 2.59. The molecule has 6 heteroatoms. The van der Waals surface area contributed by atoms with Crippen LogP contribution in [-0.4, -0.2) is 47.1 Å². The van der Waals surface area contributed by atoms with Crippen molar-refractivity contribution in [1.29, 1.82) is 0 Å². The summed E-state index contributed by atoms with van der Waals surface area (Å²) in [6.07, 6.45) is 3.33. The summed E-state index contributed by atoms with van der Waals surface area (Å²) in [5.41, 5.74) is 1.38. The normalized spacial score (nSPS) is 10.3. The summed E-state index contributed by atoms with van der Waals surface area (Å²) in [7, 11) is 1.57. The first-order valence-electron chi connectivity index (χ1n) is 7.12. The molecule has 0 unspecified atom stereocenters. The van der Waals surface area contributed by atoms with Gasteiger partial charge >= 0.3 is 5.97 Å². The van der Waals surface area contributed by atoms with Crippen molar-refractivity contribution in [2.75, 3.05) is 20.3 Å². The van der Waals surface area contributed by atoms with E-state index in [0.29, 0.717) is 25.3 Å². The molecule has 0 fully saturated rings. The number of ether oxygens (including phenoxy) is 1. The number of nitrogens with zero attached hydrogens (tertiary/aromatic N) is 2.